The Morgan fingerprint density at radius 1 is 1.50 bits per heavy atom. The van der Waals surface area contributed by atoms with Gasteiger partial charge >= 0.3 is 0 Å². The molecule has 1 atom stereocenters. The van der Waals surface area contributed by atoms with E-state index in [2.05, 4.69) is 26.2 Å². The second-order valence-electron chi connectivity index (χ2n) is 3.67. The summed E-state index contributed by atoms with van der Waals surface area (Å²) in [6.45, 7) is 1.58. The minimum Gasteiger partial charge on any atom is -0.382 e. The first-order chi connectivity index (χ1) is 6.71. The second-order valence-corrected chi connectivity index (χ2v) is 4.59. The molecule has 2 rings (SSSR count). The zero-order chi connectivity index (χ0) is 10.0. The molecule has 1 aromatic heterocycles. The summed E-state index contributed by atoms with van der Waals surface area (Å²) in [6.07, 6.45) is 3.50. The number of nitrogens with one attached hydrogen (secondary N) is 1. The number of aromatic nitrogens is 1. The van der Waals surface area contributed by atoms with Crippen LogP contribution in [0.3, 0.4) is 0 Å². The summed E-state index contributed by atoms with van der Waals surface area (Å²) in [5.74, 6) is 0. The molecule has 4 heteroatoms. The van der Waals surface area contributed by atoms with Crippen molar-refractivity contribution in [3.63, 3.8) is 0 Å². The van der Waals surface area contributed by atoms with Crippen LogP contribution in [0, 0.1) is 0 Å². The molecule has 0 aliphatic carbocycles. The van der Waals surface area contributed by atoms with Crippen LogP contribution in [0.5, 0.6) is 0 Å². The highest BCUT2D eigenvalue weighted by atomic mass is 79.9. The molecule has 2 N–H and O–H groups in total. The quantitative estimate of drug-likeness (QED) is 0.799. The molecule has 1 aliphatic heterocycles. The van der Waals surface area contributed by atoms with E-state index in [1.165, 1.54) is 0 Å². The first-order valence-electron chi connectivity index (χ1n) is 4.76. The van der Waals surface area contributed by atoms with E-state index in [1.54, 1.807) is 6.20 Å². The fraction of sp³-hybridized carbons (Fsp3) is 0.500. The predicted molar refractivity (Wildman–Crippen MR) is 57.9 cm³/mol. The lowest BCUT2D eigenvalue weighted by Gasteiger charge is -2.31. The average molecular weight is 257 g/mol. The summed E-state index contributed by atoms with van der Waals surface area (Å²) < 4.78 is 0.939. The Bertz CT molecular complexity index is 306. The molecule has 0 radical (unpaired) electrons. The normalized spacial score (nSPS) is 27.6. The standard InChI is InChI=1S/C10H13BrN2O/c11-8-2-3-9(13-6-8)10(14)4-1-5-12-7-10/h2-3,6,12,14H,1,4-5,7H2. The van der Waals surface area contributed by atoms with Gasteiger partial charge in [0.1, 0.15) is 5.60 Å². The Hall–Kier alpha value is -0.450. The van der Waals surface area contributed by atoms with Gasteiger partial charge in [-0.2, -0.15) is 0 Å². The van der Waals surface area contributed by atoms with Crippen molar-refractivity contribution in [2.45, 2.75) is 18.4 Å². The number of nitrogens with zero attached hydrogens (tertiary/aromatic N) is 1. The van der Waals surface area contributed by atoms with E-state index in [1.807, 2.05) is 12.1 Å². The Balaban J connectivity index is 2.23. The number of pyridine rings is 1. The fourth-order valence-corrected chi connectivity index (χ4v) is 1.99. The van der Waals surface area contributed by atoms with Gasteiger partial charge in [-0.15, -0.1) is 0 Å². The lowest BCUT2D eigenvalue weighted by molar-refractivity contribution is 0.00822. The molecule has 0 spiro atoms. The number of β-amino-alcohol motifs (C(OH)–C–C–N with tert-alkyl or cyclic N) is 1. The number of aliphatic hydroxyl groups is 1. The molecule has 76 valence electrons. The van der Waals surface area contributed by atoms with Crippen molar-refractivity contribution in [1.82, 2.24) is 10.3 Å². The topological polar surface area (TPSA) is 45.2 Å². The van der Waals surface area contributed by atoms with E-state index in [0.29, 0.717) is 6.54 Å². The summed E-state index contributed by atoms with van der Waals surface area (Å²) in [5, 5.41) is 13.5. The molecule has 0 amide bonds. The molecule has 0 aromatic carbocycles. The second kappa shape index (κ2) is 3.96. The van der Waals surface area contributed by atoms with Crippen LogP contribution in [0.2, 0.25) is 0 Å². The van der Waals surface area contributed by atoms with E-state index < -0.39 is 5.60 Å². The van der Waals surface area contributed by atoms with Gasteiger partial charge in [0.15, 0.2) is 0 Å². The van der Waals surface area contributed by atoms with Crippen molar-refractivity contribution in [1.29, 1.82) is 0 Å². The maximum atomic E-state index is 10.3. The van der Waals surface area contributed by atoms with E-state index >= 15 is 0 Å². The zero-order valence-corrected chi connectivity index (χ0v) is 9.42. The van der Waals surface area contributed by atoms with Gasteiger partial charge in [0, 0.05) is 17.2 Å². The van der Waals surface area contributed by atoms with Gasteiger partial charge in [-0.05, 0) is 47.4 Å². The Labute approximate surface area is 91.7 Å². The van der Waals surface area contributed by atoms with Gasteiger partial charge in [-0.25, -0.2) is 0 Å². The van der Waals surface area contributed by atoms with Crippen LogP contribution in [0.1, 0.15) is 18.5 Å². The number of hydrogen-bond donors (Lipinski definition) is 2. The molecule has 1 unspecified atom stereocenters. The zero-order valence-electron chi connectivity index (χ0n) is 7.83. The molecule has 1 saturated heterocycles. The third kappa shape index (κ3) is 1.97. The molecule has 0 saturated carbocycles. The monoisotopic (exact) mass is 256 g/mol. The van der Waals surface area contributed by atoms with Crippen molar-refractivity contribution < 1.29 is 5.11 Å². The highest BCUT2D eigenvalue weighted by Gasteiger charge is 2.32. The average Bonchev–Trinajstić information content (AvgIpc) is 2.19. The van der Waals surface area contributed by atoms with Gasteiger partial charge in [0.05, 0.1) is 5.69 Å². The van der Waals surface area contributed by atoms with Gasteiger partial charge in [-0.3, -0.25) is 4.98 Å². The largest absolute Gasteiger partial charge is 0.382 e. The van der Waals surface area contributed by atoms with E-state index in [9.17, 15) is 5.11 Å². The molecule has 1 aromatic rings. The van der Waals surface area contributed by atoms with E-state index in [-0.39, 0.29) is 0 Å². The first-order valence-corrected chi connectivity index (χ1v) is 5.55. The van der Waals surface area contributed by atoms with Crippen molar-refractivity contribution in [3.8, 4) is 0 Å². The van der Waals surface area contributed by atoms with Crippen LogP contribution in [-0.4, -0.2) is 23.2 Å². The van der Waals surface area contributed by atoms with Crippen LogP contribution in [0.4, 0.5) is 0 Å². The van der Waals surface area contributed by atoms with Crippen LogP contribution in [0.25, 0.3) is 0 Å². The molecule has 1 aliphatic rings. The number of piperidine rings is 1. The minimum absolute atomic E-state index is 0.599. The molecule has 0 bridgehead atoms. The van der Waals surface area contributed by atoms with E-state index in [0.717, 1.165) is 29.6 Å². The van der Waals surface area contributed by atoms with Crippen molar-refractivity contribution in [3.05, 3.63) is 28.5 Å². The van der Waals surface area contributed by atoms with Crippen molar-refractivity contribution in [2.24, 2.45) is 0 Å². The van der Waals surface area contributed by atoms with Crippen LogP contribution >= 0.6 is 15.9 Å². The van der Waals surface area contributed by atoms with Gasteiger partial charge < -0.3 is 10.4 Å². The van der Waals surface area contributed by atoms with Crippen LogP contribution < -0.4 is 5.32 Å². The Morgan fingerprint density at radius 3 is 2.93 bits per heavy atom. The van der Waals surface area contributed by atoms with Gasteiger partial charge in [0.25, 0.3) is 0 Å². The highest BCUT2D eigenvalue weighted by Crippen LogP contribution is 2.27. The lowest BCUT2D eigenvalue weighted by Crippen LogP contribution is -2.43. The third-order valence-electron chi connectivity index (χ3n) is 2.57. The molecular weight excluding hydrogens is 244 g/mol. The maximum Gasteiger partial charge on any atom is 0.119 e. The Morgan fingerprint density at radius 2 is 2.36 bits per heavy atom. The summed E-state index contributed by atoms with van der Waals surface area (Å²) >= 11 is 3.33. The number of rotatable bonds is 1. The molecule has 3 nitrogen and oxygen atoms in total. The Kier molecular flexibility index (Phi) is 2.85. The van der Waals surface area contributed by atoms with Crippen molar-refractivity contribution >= 4 is 15.9 Å². The minimum atomic E-state index is -0.779. The highest BCUT2D eigenvalue weighted by molar-refractivity contribution is 9.10. The fourth-order valence-electron chi connectivity index (χ4n) is 1.76. The summed E-state index contributed by atoms with van der Waals surface area (Å²) in [5.41, 5.74) is -0.0215. The summed E-state index contributed by atoms with van der Waals surface area (Å²) in [7, 11) is 0. The lowest BCUT2D eigenvalue weighted by atomic mass is 9.90. The summed E-state index contributed by atoms with van der Waals surface area (Å²) in [6, 6.07) is 3.78. The maximum absolute atomic E-state index is 10.3. The SMILES string of the molecule is OC1(c2ccc(Br)cn2)CCCNC1. The smallest absolute Gasteiger partial charge is 0.119 e. The first kappa shape index (κ1) is 10.1. The predicted octanol–water partition coefficient (Wildman–Crippen LogP) is 1.42. The van der Waals surface area contributed by atoms with Gasteiger partial charge in [-0.1, -0.05) is 0 Å². The molecule has 1 fully saturated rings. The summed E-state index contributed by atoms with van der Waals surface area (Å²) in [4.78, 5) is 4.24. The van der Waals surface area contributed by atoms with Crippen LogP contribution in [-0.2, 0) is 5.60 Å². The third-order valence-corrected chi connectivity index (χ3v) is 3.03. The molecule has 14 heavy (non-hydrogen) atoms. The van der Waals surface area contributed by atoms with E-state index in [4.69, 9.17) is 0 Å². The van der Waals surface area contributed by atoms with Crippen LogP contribution in [0.15, 0.2) is 22.8 Å². The molecular formula is C10H13BrN2O. The number of hydrogen-bond acceptors (Lipinski definition) is 3. The number of halogens is 1. The van der Waals surface area contributed by atoms with Gasteiger partial charge in [0.2, 0.25) is 0 Å². The molecule has 2 heterocycles. The van der Waals surface area contributed by atoms with Crippen molar-refractivity contribution in [2.75, 3.05) is 13.1 Å².